The third kappa shape index (κ3) is 2.39. The van der Waals surface area contributed by atoms with Crippen molar-refractivity contribution in [3.63, 3.8) is 0 Å². The average molecular weight is 292 g/mol. The van der Waals surface area contributed by atoms with Gasteiger partial charge in [-0.15, -0.1) is 0 Å². The second-order valence-corrected chi connectivity index (χ2v) is 5.43. The van der Waals surface area contributed by atoms with Gasteiger partial charge in [0.25, 0.3) is 0 Å². The summed E-state index contributed by atoms with van der Waals surface area (Å²) in [7, 11) is 0. The van der Waals surface area contributed by atoms with E-state index in [-0.39, 0.29) is 16.6 Å². The fraction of sp³-hybridized carbons (Fsp3) is 0.250. The van der Waals surface area contributed by atoms with Crippen molar-refractivity contribution in [1.29, 1.82) is 0 Å². The van der Waals surface area contributed by atoms with Gasteiger partial charge in [0.2, 0.25) is 0 Å². The molecule has 0 saturated heterocycles. The number of para-hydroxylation sites is 1. The highest BCUT2D eigenvalue weighted by Crippen LogP contribution is 2.34. The molecule has 2 atom stereocenters. The van der Waals surface area contributed by atoms with E-state index in [1.807, 2.05) is 18.2 Å². The van der Waals surface area contributed by atoms with Crippen molar-refractivity contribution in [1.82, 2.24) is 0 Å². The highest BCUT2D eigenvalue weighted by Gasteiger charge is 2.28. The van der Waals surface area contributed by atoms with E-state index in [4.69, 9.17) is 11.6 Å². The van der Waals surface area contributed by atoms with Crippen molar-refractivity contribution in [2.24, 2.45) is 0 Å². The quantitative estimate of drug-likeness (QED) is 0.878. The zero-order valence-corrected chi connectivity index (χ0v) is 11.6. The Bertz CT molecular complexity index is 611. The molecule has 0 bridgehead atoms. The molecular weight excluding hydrogens is 277 g/mol. The summed E-state index contributed by atoms with van der Waals surface area (Å²) in [5.74, 6) is -0.467. The first kappa shape index (κ1) is 13.4. The number of hydrogen-bond acceptors (Lipinski definition) is 2. The monoisotopic (exact) mass is 291 g/mol. The normalized spacial score (nSPS) is 19.1. The van der Waals surface area contributed by atoms with Crippen LogP contribution in [0.1, 0.15) is 23.7 Å². The van der Waals surface area contributed by atoms with Gasteiger partial charge in [0.1, 0.15) is 11.9 Å². The van der Waals surface area contributed by atoms with Crippen LogP contribution in [0.25, 0.3) is 0 Å². The minimum absolute atomic E-state index is 0.172. The van der Waals surface area contributed by atoms with Gasteiger partial charge in [-0.05, 0) is 36.6 Å². The third-order valence-electron chi connectivity index (χ3n) is 3.76. The first-order valence-corrected chi connectivity index (χ1v) is 7.01. The lowest BCUT2D eigenvalue weighted by Crippen LogP contribution is -2.32. The van der Waals surface area contributed by atoms with Crippen LogP contribution in [-0.2, 0) is 6.42 Å². The minimum Gasteiger partial charge on any atom is -0.386 e. The maximum absolute atomic E-state index is 13.9. The minimum atomic E-state index is -0.961. The summed E-state index contributed by atoms with van der Waals surface area (Å²) in [5.41, 5.74) is 2.39. The number of aliphatic hydroxyl groups excluding tert-OH is 1. The third-order valence-corrected chi connectivity index (χ3v) is 4.09. The highest BCUT2D eigenvalue weighted by molar-refractivity contribution is 6.31. The van der Waals surface area contributed by atoms with Crippen LogP contribution in [0.5, 0.6) is 0 Å². The van der Waals surface area contributed by atoms with Gasteiger partial charge in [-0.25, -0.2) is 4.39 Å². The van der Waals surface area contributed by atoms with E-state index < -0.39 is 11.9 Å². The molecule has 0 spiro atoms. The Morgan fingerprint density at radius 2 is 2.00 bits per heavy atom. The second-order valence-electron chi connectivity index (χ2n) is 5.03. The number of anilines is 1. The van der Waals surface area contributed by atoms with Gasteiger partial charge in [0.05, 0.1) is 6.04 Å². The molecule has 2 aromatic rings. The number of benzene rings is 2. The van der Waals surface area contributed by atoms with Gasteiger partial charge in [0.15, 0.2) is 0 Å². The van der Waals surface area contributed by atoms with E-state index in [0.29, 0.717) is 0 Å². The lowest BCUT2D eigenvalue weighted by molar-refractivity contribution is 0.145. The Labute approximate surface area is 122 Å². The summed E-state index contributed by atoms with van der Waals surface area (Å²) in [6.45, 7) is 0. The number of fused-ring (bicyclic) bond motifs is 1. The molecule has 1 aliphatic rings. The van der Waals surface area contributed by atoms with Crippen molar-refractivity contribution < 1.29 is 9.50 Å². The molecule has 1 heterocycles. The lowest BCUT2D eigenvalue weighted by atomic mass is 9.91. The smallest absolute Gasteiger partial charge is 0.130 e. The number of halogens is 2. The molecule has 0 aliphatic carbocycles. The maximum atomic E-state index is 13.9. The molecule has 2 aromatic carbocycles. The van der Waals surface area contributed by atoms with Crippen LogP contribution >= 0.6 is 11.6 Å². The lowest BCUT2D eigenvalue weighted by Gasteiger charge is -2.31. The fourth-order valence-electron chi connectivity index (χ4n) is 2.69. The molecule has 3 rings (SSSR count). The summed E-state index contributed by atoms with van der Waals surface area (Å²) < 4.78 is 13.9. The maximum Gasteiger partial charge on any atom is 0.130 e. The molecule has 4 heteroatoms. The average Bonchev–Trinajstić information content (AvgIpc) is 2.46. The van der Waals surface area contributed by atoms with Crippen LogP contribution in [0.3, 0.4) is 0 Å². The standard InChI is InChI=1S/C16H15ClFNO/c17-11-5-3-6-12(18)15(11)16(20)14-9-8-10-4-1-2-7-13(10)19-14/h1-7,14,16,19-20H,8-9H2. The zero-order chi connectivity index (χ0) is 14.1. The molecule has 1 aliphatic heterocycles. The zero-order valence-electron chi connectivity index (χ0n) is 10.8. The van der Waals surface area contributed by atoms with Gasteiger partial charge >= 0.3 is 0 Å². The van der Waals surface area contributed by atoms with Gasteiger partial charge in [0, 0.05) is 16.3 Å². The van der Waals surface area contributed by atoms with Gasteiger partial charge in [-0.1, -0.05) is 35.9 Å². The largest absolute Gasteiger partial charge is 0.386 e. The Hall–Kier alpha value is -1.58. The summed E-state index contributed by atoms with van der Waals surface area (Å²) in [4.78, 5) is 0. The summed E-state index contributed by atoms with van der Waals surface area (Å²) in [6, 6.07) is 12.2. The van der Waals surface area contributed by atoms with E-state index in [0.717, 1.165) is 18.5 Å². The Balaban J connectivity index is 1.88. The van der Waals surface area contributed by atoms with Crippen molar-refractivity contribution in [3.8, 4) is 0 Å². The van der Waals surface area contributed by atoms with E-state index in [1.54, 1.807) is 6.07 Å². The van der Waals surface area contributed by atoms with E-state index in [2.05, 4.69) is 11.4 Å². The van der Waals surface area contributed by atoms with Gasteiger partial charge in [-0.2, -0.15) is 0 Å². The first-order valence-electron chi connectivity index (χ1n) is 6.63. The molecule has 20 heavy (non-hydrogen) atoms. The Kier molecular flexibility index (Phi) is 3.64. The van der Waals surface area contributed by atoms with Crippen molar-refractivity contribution >= 4 is 17.3 Å². The SMILES string of the molecule is OC(c1c(F)cccc1Cl)C1CCc2ccccc2N1. The number of nitrogens with one attached hydrogen (secondary N) is 1. The molecule has 104 valence electrons. The Morgan fingerprint density at radius 3 is 2.80 bits per heavy atom. The topological polar surface area (TPSA) is 32.3 Å². The van der Waals surface area contributed by atoms with E-state index in [1.165, 1.54) is 17.7 Å². The predicted octanol–water partition coefficient (Wildman–Crippen LogP) is 3.94. The summed E-state index contributed by atoms with van der Waals surface area (Å²) in [6.07, 6.45) is 0.636. The van der Waals surface area contributed by atoms with Crippen LogP contribution in [0.15, 0.2) is 42.5 Å². The number of hydrogen-bond donors (Lipinski definition) is 2. The molecule has 0 saturated carbocycles. The fourth-order valence-corrected chi connectivity index (χ4v) is 2.97. The van der Waals surface area contributed by atoms with Crippen molar-refractivity contribution in [2.75, 3.05) is 5.32 Å². The number of rotatable bonds is 2. The van der Waals surface area contributed by atoms with E-state index in [9.17, 15) is 9.50 Å². The predicted molar refractivity (Wildman–Crippen MR) is 78.5 cm³/mol. The van der Waals surface area contributed by atoms with Crippen LogP contribution in [0.4, 0.5) is 10.1 Å². The van der Waals surface area contributed by atoms with Gasteiger partial charge < -0.3 is 10.4 Å². The van der Waals surface area contributed by atoms with Crippen LogP contribution < -0.4 is 5.32 Å². The summed E-state index contributed by atoms with van der Waals surface area (Å²) in [5, 5.41) is 14.0. The van der Waals surface area contributed by atoms with Crippen LogP contribution in [0.2, 0.25) is 5.02 Å². The second kappa shape index (κ2) is 5.43. The molecule has 2 nitrogen and oxygen atoms in total. The van der Waals surface area contributed by atoms with Crippen LogP contribution in [-0.4, -0.2) is 11.1 Å². The number of aliphatic hydroxyl groups is 1. The summed E-state index contributed by atoms with van der Waals surface area (Å²) >= 11 is 6.02. The molecule has 0 radical (unpaired) electrons. The molecule has 0 fully saturated rings. The molecule has 2 N–H and O–H groups in total. The Morgan fingerprint density at radius 1 is 1.20 bits per heavy atom. The van der Waals surface area contributed by atoms with Crippen molar-refractivity contribution in [2.45, 2.75) is 25.0 Å². The van der Waals surface area contributed by atoms with Gasteiger partial charge in [-0.3, -0.25) is 0 Å². The van der Waals surface area contributed by atoms with Crippen molar-refractivity contribution in [3.05, 3.63) is 64.4 Å². The molecular formula is C16H15ClFNO. The van der Waals surface area contributed by atoms with Crippen LogP contribution in [0, 0.1) is 5.82 Å². The number of aryl methyl sites for hydroxylation is 1. The highest BCUT2D eigenvalue weighted by atomic mass is 35.5. The van der Waals surface area contributed by atoms with E-state index >= 15 is 0 Å². The molecule has 0 aromatic heterocycles. The molecule has 2 unspecified atom stereocenters. The first-order chi connectivity index (χ1) is 9.66. The molecule has 0 amide bonds.